The summed E-state index contributed by atoms with van der Waals surface area (Å²) in [4.78, 5) is 18.3. The minimum atomic E-state index is -1.70. The molecule has 10 heteroatoms. The van der Waals surface area contributed by atoms with Crippen LogP contribution in [-0.4, -0.2) is 48.7 Å². The van der Waals surface area contributed by atoms with E-state index in [9.17, 15) is 0 Å². The van der Waals surface area contributed by atoms with Crippen LogP contribution < -0.4 is 20.7 Å². The number of pyridine rings is 4. The van der Waals surface area contributed by atoms with Crippen LogP contribution in [0.3, 0.4) is 0 Å². The molecule has 1 aliphatic rings. The van der Waals surface area contributed by atoms with Crippen molar-refractivity contribution < 1.29 is 40.2 Å². The summed E-state index contributed by atoms with van der Waals surface area (Å²) in [6, 6.07) is 93.2. The maximum absolute atomic E-state index is 4.94. The zero-order chi connectivity index (χ0) is 59.8. The first-order chi connectivity index (χ1) is 41.7. The third-order valence-corrected chi connectivity index (χ3v) is 23.6. The van der Waals surface area contributed by atoms with E-state index in [1.807, 2.05) is 84.9 Å². The van der Waals surface area contributed by atoms with Gasteiger partial charge in [0.1, 0.15) is 0 Å². The summed E-state index contributed by atoms with van der Waals surface area (Å²) in [6.07, 6.45) is 7.81. The molecule has 1 aliphatic heterocycles. The second kappa shape index (κ2) is 28.5. The normalized spacial score (nSPS) is 11.9. The number of benzene rings is 8. The number of rotatable bonds is 9. The van der Waals surface area contributed by atoms with Gasteiger partial charge in [0.05, 0.1) is 24.2 Å². The van der Waals surface area contributed by atoms with Crippen LogP contribution in [0.1, 0.15) is 6.92 Å². The molecule has 0 atom stereocenters. The molecule has 0 amide bonds. The summed E-state index contributed by atoms with van der Waals surface area (Å²) in [5.41, 5.74) is 18.6. The van der Waals surface area contributed by atoms with Crippen molar-refractivity contribution in [2.45, 2.75) is 65.8 Å². The van der Waals surface area contributed by atoms with Crippen LogP contribution >= 0.6 is 0 Å². The molecule has 0 bridgehead atoms. The van der Waals surface area contributed by atoms with Crippen LogP contribution in [0.25, 0.3) is 100 Å². The predicted molar refractivity (Wildman–Crippen MR) is 372 cm³/mol. The number of nitrogens with zero attached hydrogens (tertiary/aromatic N) is 5. The smallest absolute Gasteiger partial charge is 0.0932 e. The molecule has 6 heterocycles. The largest absolute Gasteiger partial charge is 0.359 e. The molecular formula is C78H71Ir2N5Si3-4. The van der Waals surface area contributed by atoms with E-state index in [1.54, 1.807) is 12.4 Å². The molecule has 88 heavy (non-hydrogen) atoms. The SMILES string of the molecule is CCn1c2ccccc2c2c[c-]c(-c3cc(-c4ccccc4)c([Si](C)(C)C)cn3)cc21.C[Si](C)(C)c1cnc(-c2[c-]cc3c(c2)[Si](C)(C)c2ccccc2-3)cc1-c1ccccc1.[Ir].[Ir].[c-]1ccccc1-c1ccccn1.[c-]1ccccc1-c1ccccn1. The van der Waals surface area contributed by atoms with Gasteiger partial charge in [-0.3, -0.25) is 0 Å². The summed E-state index contributed by atoms with van der Waals surface area (Å²) in [7, 11) is -4.78. The first-order valence-corrected chi connectivity index (χ1v) is 39.6. The van der Waals surface area contributed by atoms with E-state index in [4.69, 9.17) is 9.97 Å². The van der Waals surface area contributed by atoms with Gasteiger partial charge in [-0.25, -0.2) is 0 Å². The van der Waals surface area contributed by atoms with Gasteiger partial charge in [-0.05, 0) is 91.4 Å². The summed E-state index contributed by atoms with van der Waals surface area (Å²) in [5, 5.41) is 8.37. The third-order valence-electron chi connectivity index (χ3n) is 16.0. The van der Waals surface area contributed by atoms with Crippen LogP contribution in [-0.2, 0) is 46.8 Å². The van der Waals surface area contributed by atoms with Crippen LogP contribution in [0.15, 0.2) is 255 Å². The second-order valence-corrected chi connectivity index (χ2v) is 38.6. The summed E-state index contributed by atoms with van der Waals surface area (Å²) >= 11 is 0. The van der Waals surface area contributed by atoms with E-state index in [2.05, 4.69) is 256 Å². The first-order valence-electron chi connectivity index (χ1n) is 29.6. The van der Waals surface area contributed by atoms with Gasteiger partial charge in [0, 0.05) is 77.1 Å². The molecule has 5 aromatic heterocycles. The number of hydrogen-bond donors (Lipinski definition) is 0. The maximum Gasteiger partial charge on any atom is 0.0932 e. The van der Waals surface area contributed by atoms with E-state index < -0.39 is 24.2 Å². The van der Waals surface area contributed by atoms with E-state index in [0.29, 0.717) is 0 Å². The van der Waals surface area contributed by atoms with Gasteiger partial charge in [-0.1, -0.05) is 214 Å². The molecule has 0 N–H and O–H groups in total. The molecular weight excluding hydrogens is 1480 g/mol. The Balaban J connectivity index is 0.000000151. The monoisotopic (exact) mass is 1550 g/mol. The van der Waals surface area contributed by atoms with Gasteiger partial charge in [0.15, 0.2) is 0 Å². The number of fused-ring (bicyclic) bond motifs is 6. The molecule has 14 rings (SSSR count). The molecule has 0 fully saturated rings. The van der Waals surface area contributed by atoms with Crippen molar-refractivity contribution in [1.82, 2.24) is 24.5 Å². The fourth-order valence-corrected chi connectivity index (χ4v) is 17.6. The summed E-state index contributed by atoms with van der Waals surface area (Å²) in [6.45, 7) is 22.4. The molecule has 0 aliphatic carbocycles. The zero-order valence-corrected chi connectivity index (χ0v) is 59.1. The molecule has 0 saturated heterocycles. The number of aryl methyl sites for hydroxylation is 1. The molecule has 0 spiro atoms. The van der Waals surface area contributed by atoms with Crippen LogP contribution in [0, 0.1) is 24.3 Å². The average molecular weight is 1550 g/mol. The second-order valence-electron chi connectivity index (χ2n) is 24.2. The van der Waals surface area contributed by atoms with Gasteiger partial charge in [-0.15, -0.1) is 125 Å². The van der Waals surface area contributed by atoms with E-state index >= 15 is 0 Å². The van der Waals surface area contributed by atoms with Gasteiger partial charge >= 0.3 is 0 Å². The van der Waals surface area contributed by atoms with Crippen molar-refractivity contribution in [1.29, 1.82) is 0 Å². The number of aromatic nitrogens is 5. The molecule has 13 aromatic rings. The molecule has 5 nitrogen and oxygen atoms in total. The zero-order valence-electron chi connectivity index (χ0n) is 51.4. The standard InChI is InChI=1S/C28H27N2Si.C28H28NSi2.2C11H8N.2Ir/c1-5-30-26-14-10-9-13-22(26)23-16-15-21(17-27(23)30)25-18-24(20-11-7-6-8-12-20)28(19-29-25)31(2,3)4;1-30(2,3)28-19-29-25(18-24(28)20-11-7-6-8-12-20)21-15-16-23-22-13-9-10-14-26(22)31(4,5)27(23)17-21;2*1-2-6-10(7-3-1)11-8-4-5-9-12-11;;/h6-14,16-19H,5H2,1-4H3;6-14,16-19H,1-5H3;2*1-6,8-9H;;/q4*-1;;. The van der Waals surface area contributed by atoms with E-state index in [0.717, 1.165) is 51.6 Å². The number of hydrogen-bond acceptors (Lipinski definition) is 4. The van der Waals surface area contributed by atoms with Crippen molar-refractivity contribution in [3.63, 3.8) is 0 Å². The van der Waals surface area contributed by atoms with Crippen molar-refractivity contribution in [3.05, 3.63) is 280 Å². The van der Waals surface area contributed by atoms with Crippen LogP contribution in [0.4, 0.5) is 0 Å². The fraction of sp³-hybridized carbons (Fsp3) is 0.128. The summed E-state index contributed by atoms with van der Waals surface area (Å²) in [5.74, 6) is 0. The Hall–Kier alpha value is -7.89. The Bertz CT molecular complexity index is 4270. The Labute approximate surface area is 550 Å². The van der Waals surface area contributed by atoms with Crippen molar-refractivity contribution >= 4 is 66.8 Å². The average Bonchev–Trinajstić information content (AvgIpc) is 2.08. The molecule has 2 radical (unpaired) electrons. The molecule has 0 saturated carbocycles. The molecule has 442 valence electrons. The van der Waals surface area contributed by atoms with Crippen LogP contribution in [0.2, 0.25) is 52.4 Å². The predicted octanol–water partition coefficient (Wildman–Crippen LogP) is 17.5. The van der Waals surface area contributed by atoms with Gasteiger partial charge in [-0.2, -0.15) is 0 Å². The van der Waals surface area contributed by atoms with Crippen molar-refractivity contribution in [2.75, 3.05) is 0 Å². The Morgan fingerprint density at radius 1 is 0.386 bits per heavy atom. The number of para-hydroxylation sites is 1. The van der Waals surface area contributed by atoms with Gasteiger partial charge < -0.3 is 24.5 Å². The summed E-state index contributed by atoms with van der Waals surface area (Å²) < 4.78 is 2.39. The van der Waals surface area contributed by atoms with E-state index in [-0.39, 0.29) is 40.2 Å². The Morgan fingerprint density at radius 2 is 0.864 bits per heavy atom. The minimum absolute atomic E-state index is 0. The molecule has 8 aromatic carbocycles. The van der Waals surface area contributed by atoms with Crippen molar-refractivity contribution in [2.24, 2.45) is 0 Å². The Kier molecular flexibility index (Phi) is 20.9. The molecule has 0 unspecified atom stereocenters. The first kappa shape index (κ1) is 64.6. The van der Waals surface area contributed by atoms with Gasteiger partial charge in [0.2, 0.25) is 0 Å². The Morgan fingerprint density at radius 3 is 1.36 bits per heavy atom. The van der Waals surface area contributed by atoms with E-state index in [1.165, 1.54) is 75.9 Å². The topological polar surface area (TPSA) is 56.5 Å². The van der Waals surface area contributed by atoms with Crippen LogP contribution in [0.5, 0.6) is 0 Å². The van der Waals surface area contributed by atoms with Crippen molar-refractivity contribution in [3.8, 4) is 78.4 Å². The minimum Gasteiger partial charge on any atom is -0.359 e. The quantitative estimate of drug-likeness (QED) is 0.107. The fourth-order valence-electron chi connectivity index (χ4n) is 11.5. The third kappa shape index (κ3) is 14.3. The maximum atomic E-state index is 4.94. The van der Waals surface area contributed by atoms with Gasteiger partial charge in [0.25, 0.3) is 0 Å².